The highest BCUT2D eigenvalue weighted by Crippen LogP contribution is 2.14. The van der Waals surface area contributed by atoms with Crippen LogP contribution in [0.3, 0.4) is 0 Å². The number of hydrogen-bond acceptors (Lipinski definition) is 1. The summed E-state index contributed by atoms with van der Waals surface area (Å²) in [5.74, 6) is 0. The standard InChI is InChI=1S/C5H12O.C3H6/c1-5(2,3)4-6;1-2-3-1/h6H,4H2,1-3H3;1-3H2. The van der Waals surface area contributed by atoms with Crippen LogP contribution in [0.15, 0.2) is 0 Å². The van der Waals surface area contributed by atoms with Crippen LogP contribution in [-0.4, -0.2) is 11.7 Å². The summed E-state index contributed by atoms with van der Waals surface area (Å²) in [6.45, 7) is 6.25. The summed E-state index contributed by atoms with van der Waals surface area (Å²) in [7, 11) is 0. The van der Waals surface area contributed by atoms with Crippen LogP contribution in [-0.2, 0) is 0 Å². The van der Waals surface area contributed by atoms with Crippen molar-refractivity contribution in [3.8, 4) is 0 Å². The maximum Gasteiger partial charge on any atom is 0.0479 e. The molecule has 1 nitrogen and oxygen atoms in total. The molecule has 9 heavy (non-hydrogen) atoms. The van der Waals surface area contributed by atoms with Crippen molar-refractivity contribution in [1.29, 1.82) is 0 Å². The van der Waals surface area contributed by atoms with E-state index in [0.717, 1.165) is 0 Å². The minimum Gasteiger partial charge on any atom is -0.396 e. The van der Waals surface area contributed by atoms with E-state index >= 15 is 0 Å². The molecule has 0 aromatic heterocycles. The third-order valence-corrected chi connectivity index (χ3v) is 0.828. The predicted octanol–water partition coefficient (Wildman–Crippen LogP) is 2.20. The summed E-state index contributed by atoms with van der Waals surface area (Å²) in [6, 6.07) is 0. The summed E-state index contributed by atoms with van der Waals surface area (Å²) in [5.41, 5.74) is 0.0972. The minimum atomic E-state index is 0.0972. The molecule has 0 amide bonds. The lowest BCUT2D eigenvalue weighted by atomic mass is 9.99. The molecule has 0 aromatic carbocycles. The second kappa shape index (κ2) is 3.89. The Labute approximate surface area is 58.1 Å². The first-order valence-electron chi connectivity index (χ1n) is 3.67. The van der Waals surface area contributed by atoms with Gasteiger partial charge in [-0.2, -0.15) is 0 Å². The van der Waals surface area contributed by atoms with Gasteiger partial charge in [0.25, 0.3) is 0 Å². The predicted molar refractivity (Wildman–Crippen MR) is 40.4 cm³/mol. The quantitative estimate of drug-likeness (QED) is 0.533. The number of rotatable bonds is 0. The molecule has 0 heterocycles. The normalized spacial score (nSPS) is 16.0. The number of aliphatic hydroxyl groups excluding tert-OH is 1. The van der Waals surface area contributed by atoms with Gasteiger partial charge < -0.3 is 5.11 Å². The maximum absolute atomic E-state index is 8.40. The third-order valence-electron chi connectivity index (χ3n) is 0.828. The van der Waals surface area contributed by atoms with Crippen molar-refractivity contribution < 1.29 is 5.11 Å². The Hall–Kier alpha value is -0.0400. The molecule has 1 fully saturated rings. The third kappa shape index (κ3) is 18.0. The van der Waals surface area contributed by atoms with Crippen molar-refractivity contribution in [3.63, 3.8) is 0 Å². The highest BCUT2D eigenvalue weighted by Gasteiger charge is 2.05. The second-order valence-electron chi connectivity index (χ2n) is 3.78. The fraction of sp³-hybridized carbons (Fsp3) is 1.00. The minimum absolute atomic E-state index is 0.0972. The molecule has 0 saturated heterocycles. The monoisotopic (exact) mass is 130 g/mol. The second-order valence-corrected chi connectivity index (χ2v) is 3.78. The van der Waals surface area contributed by atoms with Gasteiger partial charge in [-0.05, 0) is 5.41 Å². The summed E-state index contributed by atoms with van der Waals surface area (Å²) in [5, 5.41) is 8.40. The van der Waals surface area contributed by atoms with Gasteiger partial charge >= 0.3 is 0 Å². The molecule has 1 saturated carbocycles. The van der Waals surface area contributed by atoms with E-state index in [0.29, 0.717) is 0 Å². The fourth-order valence-corrected chi connectivity index (χ4v) is 0. The van der Waals surface area contributed by atoms with Crippen molar-refractivity contribution in [2.45, 2.75) is 40.0 Å². The maximum atomic E-state index is 8.40. The summed E-state index contributed by atoms with van der Waals surface area (Å²) >= 11 is 0. The molecule has 0 radical (unpaired) electrons. The molecule has 56 valence electrons. The van der Waals surface area contributed by atoms with Gasteiger partial charge in [-0.15, -0.1) is 0 Å². The van der Waals surface area contributed by atoms with Crippen LogP contribution in [0.2, 0.25) is 0 Å². The Kier molecular flexibility index (Phi) is 3.87. The zero-order chi connectivity index (χ0) is 7.33. The van der Waals surface area contributed by atoms with Gasteiger partial charge in [0, 0.05) is 6.61 Å². The zero-order valence-electron chi connectivity index (χ0n) is 6.78. The highest BCUT2D eigenvalue weighted by molar-refractivity contribution is 4.55. The van der Waals surface area contributed by atoms with Gasteiger partial charge in [-0.3, -0.25) is 0 Å². The van der Waals surface area contributed by atoms with Gasteiger partial charge in [0.1, 0.15) is 0 Å². The molecule has 1 aliphatic carbocycles. The van der Waals surface area contributed by atoms with Gasteiger partial charge in [0.05, 0.1) is 0 Å². The van der Waals surface area contributed by atoms with E-state index in [4.69, 9.17) is 5.11 Å². The van der Waals surface area contributed by atoms with Crippen molar-refractivity contribution in [2.24, 2.45) is 5.41 Å². The molecule has 1 N–H and O–H groups in total. The first kappa shape index (κ1) is 8.96. The largest absolute Gasteiger partial charge is 0.396 e. The molecule has 0 bridgehead atoms. The topological polar surface area (TPSA) is 20.2 Å². The SMILES string of the molecule is C1CC1.CC(C)(C)CO. The Morgan fingerprint density at radius 1 is 1.11 bits per heavy atom. The molecule has 1 rings (SSSR count). The van der Waals surface area contributed by atoms with E-state index < -0.39 is 0 Å². The van der Waals surface area contributed by atoms with Crippen molar-refractivity contribution in [1.82, 2.24) is 0 Å². The number of aliphatic hydroxyl groups is 1. The van der Waals surface area contributed by atoms with Gasteiger partial charge in [-0.25, -0.2) is 0 Å². The lowest BCUT2D eigenvalue weighted by molar-refractivity contribution is 0.177. The van der Waals surface area contributed by atoms with Gasteiger partial charge in [0.2, 0.25) is 0 Å². The van der Waals surface area contributed by atoms with E-state index in [1.54, 1.807) is 0 Å². The molecular weight excluding hydrogens is 112 g/mol. The van der Waals surface area contributed by atoms with Crippen LogP contribution in [0.4, 0.5) is 0 Å². The first-order chi connectivity index (χ1) is 4.06. The van der Waals surface area contributed by atoms with E-state index in [-0.39, 0.29) is 12.0 Å². The van der Waals surface area contributed by atoms with Crippen molar-refractivity contribution in [2.75, 3.05) is 6.61 Å². The van der Waals surface area contributed by atoms with Gasteiger partial charge in [0.15, 0.2) is 0 Å². The molecule has 0 unspecified atom stereocenters. The molecule has 0 aliphatic heterocycles. The Morgan fingerprint density at radius 2 is 1.33 bits per heavy atom. The highest BCUT2D eigenvalue weighted by atomic mass is 16.3. The van der Waals surface area contributed by atoms with E-state index in [9.17, 15) is 0 Å². The molecule has 0 atom stereocenters. The average molecular weight is 130 g/mol. The summed E-state index contributed by atoms with van der Waals surface area (Å²) in [4.78, 5) is 0. The van der Waals surface area contributed by atoms with Crippen molar-refractivity contribution in [3.05, 3.63) is 0 Å². The molecule has 1 heteroatoms. The summed E-state index contributed by atoms with van der Waals surface area (Å²) in [6.07, 6.45) is 4.50. The van der Waals surface area contributed by atoms with E-state index in [2.05, 4.69) is 0 Å². The Bertz CT molecular complexity index is 56.7. The first-order valence-corrected chi connectivity index (χ1v) is 3.67. The van der Waals surface area contributed by atoms with Crippen LogP contribution >= 0.6 is 0 Å². The van der Waals surface area contributed by atoms with Crippen LogP contribution < -0.4 is 0 Å². The average Bonchev–Trinajstić information content (AvgIpc) is 2.45. The lowest BCUT2D eigenvalue weighted by Crippen LogP contribution is -2.09. The lowest BCUT2D eigenvalue weighted by Gasteiger charge is -2.11. The van der Waals surface area contributed by atoms with E-state index in [1.807, 2.05) is 20.8 Å². The molecule has 1 aliphatic rings. The van der Waals surface area contributed by atoms with Gasteiger partial charge in [-0.1, -0.05) is 40.0 Å². The van der Waals surface area contributed by atoms with Crippen LogP contribution in [0.25, 0.3) is 0 Å². The number of hydrogen-bond donors (Lipinski definition) is 1. The zero-order valence-corrected chi connectivity index (χ0v) is 6.78. The fourth-order valence-electron chi connectivity index (χ4n) is 0. The van der Waals surface area contributed by atoms with Crippen LogP contribution in [0.5, 0.6) is 0 Å². The Morgan fingerprint density at radius 3 is 1.33 bits per heavy atom. The molecule has 0 aromatic rings. The van der Waals surface area contributed by atoms with Crippen LogP contribution in [0.1, 0.15) is 40.0 Å². The van der Waals surface area contributed by atoms with Crippen LogP contribution in [0, 0.1) is 5.41 Å². The van der Waals surface area contributed by atoms with Crippen molar-refractivity contribution >= 4 is 0 Å². The summed E-state index contributed by atoms with van der Waals surface area (Å²) < 4.78 is 0. The Balaban J connectivity index is 0.000000173. The smallest absolute Gasteiger partial charge is 0.0479 e. The van der Waals surface area contributed by atoms with E-state index in [1.165, 1.54) is 19.3 Å². The molecule has 0 spiro atoms. The molecular formula is C8H18O.